The topological polar surface area (TPSA) is 108 Å². The second kappa shape index (κ2) is 7.29. The summed E-state index contributed by atoms with van der Waals surface area (Å²) in [5, 5.41) is 0. The van der Waals surface area contributed by atoms with Crippen LogP contribution in [0.25, 0.3) is 28.1 Å². The van der Waals surface area contributed by atoms with Crippen LogP contribution in [0, 0.1) is 0 Å². The number of imidazole rings is 2. The van der Waals surface area contributed by atoms with Gasteiger partial charge in [-0.2, -0.15) is 13.2 Å². The van der Waals surface area contributed by atoms with Crippen LogP contribution in [0.1, 0.15) is 23.1 Å². The Kier molecular flexibility index (Phi) is 4.95. The van der Waals surface area contributed by atoms with Gasteiger partial charge in [-0.1, -0.05) is 6.92 Å². The van der Waals surface area contributed by atoms with Gasteiger partial charge in [0.05, 0.1) is 35.0 Å². The molecule has 13 heteroatoms. The summed E-state index contributed by atoms with van der Waals surface area (Å²) in [5.41, 5.74) is -0.490. The number of methoxy groups -OCH3 is 1. The van der Waals surface area contributed by atoms with E-state index in [1.807, 2.05) is 0 Å². The normalized spacial score (nSPS) is 12.6. The predicted octanol–water partition coefficient (Wildman–Crippen LogP) is 2.88. The summed E-state index contributed by atoms with van der Waals surface area (Å²) >= 11 is 0. The maximum atomic E-state index is 13.1. The molecule has 0 radical (unpaired) electrons. The number of fused-ring (bicyclic) bond motifs is 2. The molecular weight excluding hydrogens is 451 g/mol. The molecule has 4 heterocycles. The number of aromatic nitrogens is 5. The Morgan fingerprint density at radius 2 is 1.91 bits per heavy atom. The number of hydrogen-bond donors (Lipinski definition) is 0. The Morgan fingerprint density at radius 1 is 1.19 bits per heavy atom. The fourth-order valence-corrected chi connectivity index (χ4v) is 4.35. The largest absolute Gasteiger partial charge is 0.464 e. The maximum Gasteiger partial charge on any atom is 0.433 e. The number of ether oxygens (including phenoxy) is 1. The van der Waals surface area contributed by atoms with Crippen molar-refractivity contribution in [2.75, 3.05) is 12.9 Å². The standard InChI is InChI=1S/C19H16F3N5O4S/c1-4-32(29,30)14-9-27-8-12(18(28)31-3)24-16(27)5-10(14)17-25-11-6-15(19(20,21)22)23-7-13(11)26(17)2/h5-9H,4H2,1-3H3. The van der Waals surface area contributed by atoms with Crippen molar-refractivity contribution in [3.05, 3.63) is 42.1 Å². The van der Waals surface area contributed by atoms with Crippen molar-refractivity contribution in [1.82, 2.24) is 23.9 Å². The van der Waals surface area contributed by atoms with E-state index in [2.05, 4.69) is 19.7 Å². The number of nitrogens with zero attached hydrogens (tertiary/aromatic N) is 5. The van der Waals surface area contributed by atoms with Crippen LogP contribution < -0.4 is 0 Å². The fourth-order valence-electron chi connectivity index (χ4n) is 3.28. The molecule has 4 rings (SSSR count). The minimum absolute atomic E-state index is 0.00290. The number of carbonyl (C=O) groups is 1. The van der Waals surface area contributed by atoms with Crippen LogP contribution in [0.2, 0.25) is 0 Å². The number of esters is 1. The molecule has 0 spiro atoms. The van der Waals surface area contributed by atoms with E-state index in [1.165, 1.54) is 48.5 Å². The van der Waals surface area contributed by atoms with E-state index in [9.17, 15) is 26.4 Å². The van der Waals surface area contributed by atoms with Gasteiger partial charge < -0.3 is 13.7 Å². The van der Waals surface area contributed by atoms with Crippen molar-refractivity contribution in [1.29, 1.82) is 0 Å². The van der Waals surface area contributed by atoms with Crippen molar-refractivity contribution < 1.29 is 31.1 Å². The number of aryl methyl sites for hydroxylation is 1. The van der Waals surface area contributed by atoms with Crippen LogP contribution in [0.5, 0.6) is 0 Å². The average Bonchev–Trinajstić information content (AvgIpc) is 3.32. The van der Waals surface area contributed by atoms with Gasteiger partial charge in [-0.05, 0) is 12.1 Å². The molecule has 0 bridgehead atoms. The molecule has 0 saturated heterocycles. The Bertz CT molecular complexity index is 1490. The van der Waals surface area contributed by atoms with Gasteiger partial charge in [0.1, 0.15) is 17.2 Å². The quantitative estimate of drug-likeness (QED) is 0.425. The van der Waals surface area contributed by atoms with Gasteiger partial charge in [0.15, 0.2) is 15.5 Å². The van der Waals surface area contributed by atoms with E-state index in [-0.39, 0.29) is 44.4 Å². The molecule has 0 atom stereocenters. The van der Waals surface area contributed by atoms with E-state index in [0.717, 1.165) is 12.3 Å². The van der Waals surface area contributed by atoms with Crippen LogP contribution in [0.3, 0.4) is 0 Å². The Hall–Kier alpha value is -3.48. The number of alkyl halides is 3. The summed E-state index contributed by atoms with van der Waals surface area (Å²) in [4.78, 5) is 23.6. The molecular formula is C19H16F3N5O4S. The van der Waals surface area contributed by atoms with E-state index in [0.29, 0.717) is 0 Å². The maximum absolute atomic E-state index is 13.1. The summed E-state index contributed by atoms with van der Waals surface area (Å²) in [5.74, 6) is -0.824. The lowest BCUT2D eigenvalue weighted by Gasteiger charge is -2.10. The lowest BCUT2D eigenvalue weighted by atomic mass is 10.2. The number of carbonyl (C=O) groups excluding carboxylic acids is 1. The van der Waals surface area contributed by atoms with E-state index < -0.39 is 27.7 Å². The van der Waals surface area contributed by atoms with Crippen molar-refractivity contribution in [2.24, 2.45) is 7.05 Å². The molecule has 0 unspecified atom stereocenters. The SMILES string of the molecule is CCS(=O)(=O)c1cn2cc(C(=O)OC)nc2cc1-c1nc2cc(C(F)(F)F)ncc2n1C. The molecule has 0 aromatic carbocycles. The molecule has 0 amide bonds. The fraction of sp³-hybridized carbons (Fsp3) is 0.263. The summed E-state index contributed by atoms with van der Waals surface area (Å²) in [6.07, 6.45) is -0.997. The van der Waals surface area contributed by atoms with Gasteiger partial charge in [0, 0.05) is 25.0 Å². The van der Waals surface area contributed by atoms with E-state index in [1.54, 1.807) is 0 Å². The van der Waals surface area contributed by atoms with Crippen LogP contribution in [-0.2, 0) is 27.8 Å². The van der Waals surface area contributed by atoms with Crippen molar-refractivity contribution >= 4 is 32.5 Å². The molecule has 0 aliphatic rings. The first-order valence-electron chi connectivity index (χ1n) is 9.20. The number of halogens is 3. The molecule has 168 valence electrons. The molecule has 4 aromatic heterocycles. The molecule has 0 saturated carbocycles. The molecule has 32 heavy (non-hydrogen) atoms. The average molecular weight is 467 g/mol. The lowest BCUT2D eigenvalue weighted by molar-refractivity contribution is -0.141. The highest BCUT2D eigenvalue weighted by atomic mass is 32.2. The van der Waals surface area contributed by atoms with Crippen molar-refractivity contribution in [2.45, 2.75) is 18.0 Å². The van der Waals surface area contributed by atoms with Gasteiger partial charge in [0.2, 0.25) is 0 Å². The summed E-state index contributed by atoms with van der Waals surface area (Å²) in [6, 6.07) is 2.21. The highest BCUT2D eigenvalue weighted by Crippen LogP contribution is 2.33. The predicted molar refractivity (Wildman–Crippen MR) is 107 cm³/mol. The Balaban J connectivity index is 2.02. The number of pyridine rings is 2. The summed E-state index contributed by atoms with van der Waals surface area (Å²) < 4.78 is 72.3. The van der Waals surface area contributed by atoms with Gasteiger partial charge in [-0.25, -0.2) is 28.2 Å². The van der Waals surface area contributed by atoms with Gasteiger partial charge in [-0.15, -0.1) is 0 Å². The third-order valence-electron chi connectivity index (χ3n) is 4.96. The highest BCUT2D eigenvalue weighted by molar-refractivity contribution is 7.91. The number of hydrogen-bond acceptors (Lipinski definition) is 7. The van der Waals surface area contributed by atoms with Crippen LogP contribution in [-0.4, -0.2) is 51.2 Å². The molecule has 9 nitrogen and oxygen atoms in total. The second-order valence-electron chi connectivity index (χ2n) is 6.89. The molecule has 0 aliphatic heterocycles. The summed E-state index contributed by atoms with van der Waals surface area (Å²) in [6.45, 7) is 1.46. The smallest absolute Gasteiger partial charge is 0.433 e. The third-order valence-corrected chi connectivity index (χ3v) is 6.72. The third kappa shape index (κ3) is 3.47. The zero-order valence-corrected chi connectivity index (χ0v) is 17.8. The minimum atomic E-state index is -4.65. The Labute approximate surface area is 179 Å². The van der Waals surface area contributed by atoms with Gasteiger partial charge >= 0.3 is 12.1 Å². The van der Waals surface area contributed by atoms with Crippen molar-refractivity contribution in [3.63, 3.8) is 0 Å². The molecule has 0 aliphatic carbocycles. The first-order valence-corrected chi connectivity index (χ1v) is 10.9. The lowest BCUT2D eigenvalue weighted by Crippen LogP contribution is -2.09. The van der Waals surface area contributed by atoms with Crippen molar-refractivity contribution in [3.8, 4) is 11.4 Å². The second-order valence-corrected chi connectivity index (χ2v) is 9.14. The van der Waals surface area contributed by atoms with Crippen LogP contribution in [0.4, 0.5) is 13.2 Å². The number of rotatable bonds is 4. The van der Waals surface area contributed by atoms with Gasteiger partial charge in [0.25, 0.3) is 0 Å². The zero-order valence-electron chi connectivity index (χ0n) is 17.0. The van der Waals surface area contributed by atoms with Crippen LogP contribution >= 0.6 is 0 Å². The first kappa shape index (κ1) is 21.7. The van der Waals surface area contributed by atoms with Crippen LogP contribution in [0.15, 0.2) is 35.6 Å². The van der Waals surface area contributed by atoms with Gasteiger partial charge in [-0.3, -0.25) is 0 Å². The molecule has 4 aromatic rings. The monoisotopic (exact) mass is 467 g/mol. The Morgan fingerprint density at radius 3 is 2.53 bits per heavy atom. The zero-order chi connectivity index (χ0) is 23.4. The van der Waals surface area contributed by atoms with E-state index in [4.69, 9.17) is 0 Å². The minimum Gasteiger partial charge on any atom is -0.464 e. The summed E-state index contributed by atoms with van der Waals surface area (Å²) in [7, 11) is -1.06. The highest BCUT2D eigenvalue weighted by Gasteiger charge is 2.33. The van der Waals surface area contributed by atoms with E-state index >= 15 is 0 Å². The molecule has 0 fully saturated rings. The number of sulfone groups is 1. The first-order chi connectivity index (χ1) is 15.0. The molecule has 0 N–H and O–H groups in total.